The summed E-state index contributed by atoms with van der Waals surface area (Å²) >= 11 is 0. The number of piperazine rings is 1. The summed E-state index contributed by atoms with van der Waals surface area (Å²) in [7, 11) is 0. The van der Waals surface area contributed by atoms with Gasteiger partial charge in [-0.25, -0.2) is 4.98 Å². The highest BCUT2D eigenvalue weighted by Crippen LogP contribution is 2.12. The molecule has 1 unspecified atom stereocenters. The van der Waals surface area contributed by atoms with E-state index in [1.165, 1.54) is 5.56 Å². The number of aromatic nitrogens is 2. The first-order valence-corrected chi connectivity index (χ1v) is 6.61. The highest BCUT2D eigenvalue weighted by Gasteiger charge is 2.18. The molecule has 2 aromatic heterocycles. The zero-order valence-corrected chi connectivity index (χ0v) is 13.5. The molecular formula is C14H22Cl2N4. The van der Waals surface area contributed by atoms with Crippen molar-refractivity contribution < 1.29 is 0 Å². The summed E-state index contributed by atoms with van der Waals surface area (Å²) in [4.78, 5) is 7.17. The third-order valence-corrected chi connectivity index (χ3v) is 3.65. The summed E-state index contributed by atoms with van der Waals surface area (Å²) in [5, 5.41) is 3.42. The van der Waals surface area contributed by atoms with E-state index in [0.717, 1.165) is 37.5 Å². The van der Waals surface area contributed by atoms with E-state index >= 15 is 0 Å². The smallest absolute Gasteiger partial charge is 0.137 e. The summed E-state index contributed by atoms with van der Waals surface area (Å²) in [6, 6.07) is 4.78. The number of nitrogens with zero attached hydrogens (tertiary/aromatic N) is 3. The maximum atomic E-state index is 4.68. The lowest BCUT2D eigenvalue weighted by Gasteiger charge is -2.33. The van der Waals surface area contributed by atoms with Crippen molar-refractivity contribution in [3.63, 3.8) is 0 Å². The number of hydrogen-bond acceptors (Lipinski definition) is 3. The molecule has 1 aliphatic heterocycles. The number of hydrogen-bond donors (Lipinski definition) is 1. The van der Waals surface area contributed by atoms with Crippen LogP contribution in [0.4, 0.5) is 0 Å². The first kappa shape index (κ1) is 17.2. The second kappa shape index (κ2) is 7.27. The van der Waals surface area contributed by atoms with Crippen molar-refractivity contribution in [2.24, 2.45) is 0 Å². The Bertz CT molecular complexity index is 555. The molecule has 2 aromatic rings. The zero-order chi connectivity index (χ0) is 12.5. The van der Waals surface area contributed by atoms with Crippen molar-refractivity contribution in [1.82, 2.24) is 19.6 Å². The monoisotopic (exact) mass is 316 g/mol. The van der Waals surface area contributed by atoms with Crippen molar-refractivity contribution in [3.05, 3.63) is 35.8 Å². The van der Waals surface area contributed by atoms with Gasteiger partial charge in [0, 0.05) is 44.6 Å². The molecule has 0 spiro atoms. The van der Waals surface area contributed by atoms with Gasteiger partial charge >= 0.3 is 0 Å². The van der Waals surface area contributed by atoms with Gasteiger partial charge in [0.2, 0.25) is 0 Å². The quantitative estimate of drug-likeness (QED) is 0.922. The Labute approximate surface area is 132 Å². The van der Waals surface area contributed by atoms with Crippen LogP contribution >= 0.6 is 24.8 Å². The average Bonchev–Trinajstić information content (AvgIpc) is 2.73. The van der Waals surface area contributed by atoms with E-state index in [0.29, 0.717) is 6.04 Å². The van der Waals surface area contributed by atoms with E-state index in [9.17, 15) is 0 Å². The SMILES string of the molecule is Cc1ccc2nc(CN3CCNCC3C)cn2c1.Cl.Cl. The van der Waals surface area contributed by atoms with Crippen LogP contribution < -0.4 is 5.32 Å². The number of nitrogens with one attached hydrogen (secondary N) is 1. The molecule has 0 radical (unpaired) electrons. The number of aryl methyl sites for hydroxylation is 1. The Morgan fingerprint density at radius 3 is 2.85 bits per heavy atom. The lowest BCUT2D eigenvalue weighted by molar-refractivity contribution is 0.164. The minimum absolute atomic E-state index is 0. The summed E-state index contributed by atoms with van der Waals surface area (Å²) < 4.78 is 2.12. The van der Waals surface area contributed by atoms with Crippen LogP contribution in [0.3, 0.4) is 0 Å². The van der Waals surface area contributed by atoms with Crippen molar-refractivity contribution >= 4 is 30.5 Å². The van der Waals surface area contributed by atoms with E-state index in [1.807, 2.05) is 0 Å². The Hall–Kier alpha value is -0.810. The first-order valence-electron chi connectivity index (χ1n) is 6.61. The van der Waals surface area contributed by atoms with Crippen molar-refractivity contribution in [2.75, 3.05) is 19.6 Å². The molecule has 1 saturated heterocycles. The van der Waals surface area contributed by atoms with Crippen LogP contribution in [-0.4, -0.2) is 40.0 Å². The minimum Gasteiger partial charge on any atom is -0.314 e. The molecule has 0 bridgehead atoms. The molecule has 20 heavy (non-hydrogen) atoms. The summed E-state index contributed by atoms with van der Waals surface area (Å²) in [5.74, 6) is 0. The zero-order valence-electron chi connectivity index (χ0n) is 11.9. The van der Waals surface area contributed by atoms with E-state index in [2.05, 4.69) is 58.0 Å². The lowest BCUT2D eigenvalue weighted by Crippen LogP contribution is -2.49. The molecule has 1 atom stereocenters. The number of halogens is 2. The van der Waals surface area contributed by atoms with Crippen LogP contribution in [0, 0.1) is 6.92 Å². The standard InChI is InChI=1S/C14H20N4.2ClH/c1-11-3-4-14-16-13(10-18(14)8-11)9-17-6-5-15-7-12(17)2;;/h3-4,8,10,12,15H,5-7,9H2,1-2H3;2*1H. The van der Waals surface area contributed by atoms with Crippen LogP contribution in [-0.2, 0) is 6.54 Å². The Morgan fingerprint density at radius 1 is 1.30 bits per heavy atom. The molecule has 3 heterocycles. The normalized spacial score (nSPS) is 19.4. The van der Waals surface area contributed by atoms with Gasteiger partial charge in [-0.3, -0.25) is 4.90 Å². The van der Waals surface area contributed by atoms with Gasteiger partial charge in [0.1, 0.15) is 5.65 Å². The summed E-state index contributed by atoms with van der Waals surface area (Å²) in [6.07, 6.45) is 4.28. The number of imidazole rings is 1. The number of fused-ring (bicyclic) bond motifs is 1. The van der Waals surface area contributed by atoms with Crippen LogP contribution in [0.25, 0.3) is 5.65 Å². The first-order chi connectivity index (χ1) is 8.72. The molecular weight excluding hydrogens is 295 g/mol. The molecule has 1 fully saturated rings. The average molecular weight is 317 g/mol. The van der Waals surface area contributed by atoms with Gasteiger partial charge in [0.05, 0.1) is 5.69 Å². The maximum absolute atomic E-state index is 4.68. The molecule has 1 N–H and O–H groups in total. The van der Waals surface area contributed by atoms with Gasteiger partial charge in [-0.1, -0.05) is 6.07 Å². The van der Waals surface area contributed by atoms with Crippen molar-refractivity contribution in [2.45, 2.75) is 26.4 Å². The molecule has 112 valence electrons. The van der Waals surface area contributed by atoms with Gasteiger partial charge in [0.25, 0.3) is 0 Å². The fraction of sp³-hybridized carbons (Fsp3) is 0.500. The van der Waals surface area contributed by atoms with Crippen LogP contribution in [0.5, 0.6) is 0 Å². The number of pyridine rings is 1. The molecule has 4 nitrogen and oxygen atoms in total. The predicted molar refractivity (Wildman–Crippen MR) is 87.2 cm³/mol. The van der Waals surface area contributed by atoms with Gasteiger partial charge in [-0.15, -0.1) is 24.8 Å². The van der Waals surface area contributed by atoms with E-state index < -0.39 is 0 Å². The summed E-state index contributed by atoms with van der Waals surface area (Å²) in [6.45, 7) is 8.59. The van der Waals surface area contributed by atoms with Gasteiger partial charge in [-0.2, -0.15) is 0 Å². The van der Waals surface area contributed by atoms with Crippen LogP contribution in [0.1, 0.15) is 18.2 Å². The molecule has 6 heteroatoms. The summed E-state index contributed by atoms with van der Waals surface area (Å²) in [5.41, 5.74) is 3.47. The van der Waals surface area contributed by atoms with E-state index in [4.69, 9.17) is 0 Å². The van der Waals surface area contributed by atoms with Crippen LogP contribution in [0.15, 0.2) is 24.5 Å². The second-order valence-corrected chi connectivity index (χ2v) is 5.23. The molecule has 1 aliphatic rings. The Morgan fingerprint density at radius 2 is 2.10 bits per heavy atom. The third kappa shape index (κ3) is 3.64. The van der Waals surface area contributed by atoms with Gasteiger partial charge < -0.3 is 9.72 Å². The second-order valence-electron chi connectivity index (χ2n) is 5.23. The Balaban J connectivity index is 0.000001000. The fourth-order valence-corrected chi connectivity index (χ4v) is 2.56. The predicted octanol–water partition coefficient (Wildman–Crippen LogP) is 2.28. The molecule has 0 saturated carbocycles. The Kier molecular flexibility index (Phi) is 6.27. The number of rotatable bonds is 2. The molecule has 0 aromatic carbocycles. The largest absolute Gasteiger partial charge is 0.314 e. The van der Waals surface area contributed by atoms with Gasteiger partial charge in [0.15, 0.2) is 0 Å². The van der Waals surface area contributed by atoms with Crippen molar-refractivity contribution in [1.29, 1.82) is 0 Å². The maximum Gasteiger partial charge on any atom is 0.137 e. The van der Waals surface area contributed by atoms with Crippen LogP contribution in [0.2, 0.25) is 0 Å². The topological polar surface area (TPSA) is 32.6 Å². The molecule has 3 rings (SSSR count). The fourth-order valence-electron chi connectivity index (χ4n) is 2.56. The van der Waals surface area contributed by atoms with Crippen molar-refractivity contribution in [3.8, 4) is 0 Å². The minimum atomic E-state index is 0. The third-order valence-electron chi connectivity index (χ3n) is 3.65. The van der Waals surface area contributed by atoms with Gasteiger partial charge in [-0.05, 0) is 25.5 Å². The van der Waals surface area contributed by atoms with E-state index in [1.54, 1.807) is 0 Å². The van der Waals surface area contributed by atoms with E-state index in [-0.39, 0.29) is 24.8 Å². The highest BCUT2D eigenvalue weighted by molar-refractivity contribution is 5.85. The lowest BCUT2D eigenvalue weighted by atomic mass is 10.2. The highest BCUT2D eigenvalue weighted by atomic mass is 35.5. The molecule has 0 amide bonds. The molecule has 0 aliphatic carbocycles.